The number of carbonyl (C=O) groups excluding carboxylic acids is 3. The van der Waals surface area contributed by atoms with E-state index >= 15 is 0 Å². The molecule has 2 aliphatic heterocycles. The number of nitrogens with one attached hydrogen (secondary N) is 2. The van der Waals surface area contributed by atoms with Gasteiger partial charge in [0.1, 0.15) is 5.60 Å². The van der Waals surface area contributed by atoms with Crippen LogP contribution in [0.15, 0.2) is 65.2 Å². The molecule has 2 aliphatic rings. The fourth-order valence-electron chi connectivity index (χ4n) is 5.47. The Morgan fingerprint density at radius 1 is 1.02 bits per heavy atom. The molecule has 0 bridgehead atoms. The second-order valence-electron chi connectivity index (χ2n) is 12.3. The smallest absolute Gasteiger partial charge is 0.410 e. The number of aliphatic imine (C=N–C) groups is 1. The van der Waals surface area contributed by atoms with Crippen LogP contribution in [0.1, 0.15) is 64.0 Å². The number of amides is 4. The molecule has 2 aromatic rings. The van der Waals surface area contributed by atoms with Crippen LogP contribution in [0, 0.1) is 18.8 Å². The minimum absolute atomic E-state index is 0.164. The van der Waals surface area contributed by atoms with Crippen molar-refractivity contribution in [3.8, 4) is 0 Å². The molecule has 0 radical (unpaired) electrons. The van der Waals surface area contributed by atoms with Crippen molar-refractivity contribution in [2.24, 2.45) is 22.6 Å². The number of nitrogens with zero attached hydrogens (tertiary/aromatic N) is 2. The predicted molar refractivity (Wildman–Crippen MR) is 167 cm³/mol. The fourth-order valence-corrected chi connectivity index (χ4v) is 5.47. The van der Waals surface area contributed by atoms with E-state index < -0.39 is 11.5 Å². The summed E-state index contributed by atoms with van der Waals surface area (Å²) in [7, 11) is 0. The average Bonchev–Trinajstić information content (AvgIpc) is 3.14. The van der Waals surface area contributed by atoms with Gasteiger partial charge < -0.3 is 26.0 Å². The van der Waals surface area contributed by atoms with Gasteiger partial charge in [-0.15, -0.1) is 0 Å². The Morgan fingerprint density at radius 2 is 1.76 bits per heavy atom. The molecule has 9 heteroatoms. The van der Waals surface area contributed by atoms with Gasteiger partial charge >= 0.3 is 12.1 Å². The Labute approximate surface area is 248 Å². The van der Waals surface area contributed by atoms with Crippen LogP contribution < -0.4 is 16.4 Å². The van der Waals surface area contributed by atoms with Gasteiger partial charge in [-0.25, -0.2) is 9.59 Å². The zero-order chi connectivity index (χ0) is 30.3. The number of benzene rings is 2. The van der Waals surface area contributed by atoms with Gasteiger partial charge in [-0.2, -0.15) is 0 Å². The minimum Gasteiger partial charge on any atom is -0.444 e. The lowest BCUT2D eigenvalue weighted by molar-refractivity contribution is -0.114. The van der Waals surface area contributed by atoms with E-state index in [0.717, 1.165) is 49.8 Å². The van der Waals surface area contributed by atoms with Crippen molar-refractivity contribution in [2.75, 3.05) is 30.3 Å². The number of primary amides is 1. The summed E-state index contributed by atoms with van der Waals surface area (Å²) in [5.74, 6) is 0.0505. The van der Waals surface area contributed by atoms with Crippen molar-refractivity contribution >= 4 is 35.1 Å². The second kappa shape index (κ2) is 13.7. The van der Waals surface area contributed by atoms with E-state index in [-0.39, 0.29) is 18.0 Å². The molecule has 1 saturated heterocycles. The number of hydrogen-bond acceptors (Lipinski definition) is 5. The van der Waals surface area contributed by atoms with Gasteiger partial charge in [-0.1, -0.05) is 30.3 Å². The number of piperidine rings is 1. The third-order valence-electron chi connectivity index (χ3n) is 7.50. The maximum atomic E-state index is 12.6. The zero-order valence-electron chi connectivity index (χ0n) is 25.1. The summed E-state index contributed by atoms with van der Waals surface area (Å²) in [6, 6.07) is 14.5. The van der Waals surface area contributed by atoms with Gasteiger partial charge in [0.05, 0.1) is 11.3 Å². The highest BCUT2D eigenvalue weighted by molar-refractivity contribution is 6.27. The molecule has 0 spiro atoms. The van der Waals surface area contributed by atoms with Crippen LogP contribution in [0.4, 0.5) is 21.0 Å². The van der Waals surface area contributed by atoms with E-state index in [1.165, 1.54) is 0 Å². The van der Waals surface area contributed by atoms with E-state index in [2.05, 4.69) is 10.6 Å². The Kier molecular flexibility index (Phi) is 10.0. The first-order valence-corrected chi connectivity index (χ1v) is 14.8. The lowest BCUT2D eigenvalue weighted by Gasteiger charge is -2.34. The number of allylic oxidation sites excluding steroid dienone is 1. The maximum Gasteiger partial charge on any atom is 0.410 e. The third-order valence-corrected chi connectivity index (χ3v) is 7.50. The standard InChI is InChI=1S/C33H43N5O4/c1-22-7-5-9-27(19-22)37-31(40)36-26-14-12-25(13-15-26)29-28(30(34)39)20-23(16-17-35-29)10-11-24-8-6-18-38(21-24)32(41)42-33(2,3)4/h5,7,9,12-15,19-20,23-24H,6,8,10-11,16-18,21H2,1-4H3,(H2,34,39)(H2,36,37,40)/t23?,24-/m0/s1. The number of anilines is 2. The van der Waals surface area contributed by atoms with E-state index in [4.69, 9.17) is 15.5 Å². The Bertz CT molecular complexity index is 1340. The van der Waals surface area contributed by atoms with Gasteiger partial charge in [0.15, 0.2) is 0 Å². The quantitative estimate of drug-likeness (QED) is 0.360. The van der Waals surface area contributed by atoms with Crippen LogP contribution in [0.3, 0.4) is 0 Å². The number of ether oxygens (including phenoxy) is 1. The molecule has 4 N–H and O–H groups in total. The van der Waals surface area contributed by atoms with Gasteiger partial charge in [0.2, 0.25) is 0 Å². The van der Waals surface area contributed by atoms with Gasteiger partial charge in [-0.3, -0.25) is 9.79 Å². The normalized spacial score (nSPS) is 19.2. The molecule has 0 aliphatic carbocycles. The molecule has 0 saturated carbocycles. The first-order valence-electron chi connectivity index (χ1n) is 14.8. The summed E-state index contributed by atoms with van der Waals surface area (Å²) in [5.41, 5.74) is 9.49. The number of carbonyl (C=O) groups is 3. The van der Waals surface area contributed by atoms with Crippen molar-refractivity contribution < 1.29 is 19.1 Å². The molecule has 4 rings (SSSR count). The van der Waals surface area contributed by atoms with E-state index in [9.17, 15) is 14.4 Å². The third kappa shape index (κ3) is 8.93. The summed E-state index contributed by atoms with van der Waals surface area (Å²) < 4.78 is 5.57. The molecule has 9 nitrogen and oxygen atoms in total. The number of nitrogens with two attached hydrogens (primary N) is 1. The Morgan fingerprint density at radius 3 is 2.45 bits per heavy atom. The second-order valence-corrected chi connectivity index (χ2v) is 12.3. The minimum atomic E-state index is -0.509. The Balaban J connectivity index is 1.36. The highest BCUT2D eigenvalue weighted by Crippen LogP contribution is 2.28. The van der Waals surface area contributed by atoms with Crippen molar-refractivity contribution in [3.05, 3.63) is 71.3 Å². The molecule has 1 fully saturated rings. The SMILES string of the molecule is Cc1cccc(NC(=O)Nc2ccc(C3=NCCC(CC[C@@H]4CCCN(C(=O)OC(C)(C)C)C4)C=C3C(N)=O)cc2)c1. The predicted octanol–water partition coefficient (Wildman–Crippen LogP) is 6.29. The molecule has 2 atom stereocenters. The van der Waals surface area contributed by atoms with Gasteiger partial charge in [-0.05, 0) is 101 Å². The highest BCUT2D eigenvalue weighted by Gasteiger charge is 2.28. The Hall–Kier alpha value is -4.14. The fraction of sp³-hybridized carbons (Fsp3) is 0.455. The molecule has 0 aromatic heterocycles. The molecular formula is C33H43N5O4. The van der Waals surface area contributed by atoms with Crippen LogP contribution in [0.5, 0.6) is 0 Å². The summed E-state index contributed by atoms with van der Waals surface area (Å²) in [6.07, 6.45) is 6.43. The summed E-state index contributed by atoms with van der Waals surface area (Å²) in [5, 5.41) is 5.66. The summed E-state index contributed by atoms with van der Waals surface area (Å²) in [6.45, 7) is 9.62. The van der Waals surface area contributed by atoms with Gasteiger partial charge in [0, 0.05) is 36.6 Å². The van der Waals surface area contributed by atoms with Gasteiger partial charge in [0.25, 0.3) is 5.91 Å². The van der Waals surface area contributed by atoms with Crippen LogP contribution in [0.2, 0.25) is 0 Å². The van der Waals surface area contributed by atoms with E-state index in [0.29, 0.717) is 41.7 Å². The molecule has 2 aromatic carbocycles. The number of rotatable bonds is 7. The lowest BCUT2D eigenvalue weighted by atomic mass is 9.87. The summed E-state index contributed by atoms with van der Waals surface area (Å²) in [4.78, 5) is 44.1. The van der Waals surface area contributed by atoms with Crippen LogP contribution >= 0.6 is 0 Å². The number of aryl methyl sites for hydroxylation is 1. The number of hydrogen-bond donors (Lipinski definition) is 3. The first kappa shape index (κ1) is 30.8. The maximum absolute atomic E-state index is 12.6. The molecule has 1 unspecified atom stereocenters. The average molecular weight is 574 g/mol. The van der Waals surface area contributed by atoms with Crippen molar-refractivity contribution in [3.63, 3.8) is 0 Å². The van der Waals surface area contributed by atoms with Crippen molar-refractivity contribution in [2.45, 2.75) is 65.4 Å². The van der Waals surface area contributed by atoms with E-state index in [1.54, 1.807) is 12.1 Å². The molecule has 2 heterocycles. The number of urea groups is 1. The van der Waals surface area contributed by atoms with Crippen molar-refractivity contribution in [1.82, 2.24) is 4.90 Å². The molecule has 42 heavy (non-hydrogen) atoms. The van der Waals surface area contributed by atoms with Crippen LogP contribution in [-0.2, 0) is 9.53 Å². The topological polar surface area (TPSA) is 126 Å². The van der Waals surface area contributed by atoms with E-state index in [1.807, 2.05) is 75.1 Å². The van der Waals surface area contributed by atoms with Crippen LogP contribution in [-0.4, -0.2) is 53.9 Å². The molecule has 4 amide bonds. The highest BCUT2D eigenvalue weighted by atomic mass is 16.6. The zero-order valence-corrected chi connectivity index (χ0v) is 25.1. The largest absolute Gasteiger partial charge is 0.444 e. The molecule has 224 valence electrons. The van der Waals surface area contributed by atoms with Crippen LogP contribution in [0.25, 0.3) is 0 Å². The van der Waals surface area contributed by atoms with Crippen molar-refractivity contribution in [1.29, 1.82) is 0 Å². The first-order chi connectivity index (χ1) is 20.0. The lowest BCUT2D eigenvalue weighted by Crippen LogP contribution is -2.42. The monoisotopic (exact) mass is 573 g/mol. The summed E-state index contributed by atoms with van der Waals surface area (Å²) >= 11 is 0. The number of likely N-dealkylation sites (tertiary alicyclic amines) is 1. The molecular weight excluding hydrogens is 530 g/mol.